The summed E-state index contributed by atoms with van der Waals surface area (Å²) in [5.74, 6) is -0.308. The minimum atomic E-state index is -0.308. The molecular weight excluding hydrogens is 348 g/mol. The van der Waals surface area contributed by atoms with Crippen LogP contribution in [0.4, 0.5) is 0 Å². The number of nitrogens with zero attached hydrogens (tertiary/aromatic N) is 2. The van der Waals surface area contributed by atoms with E-state index < -0.39 is 0 Å². The van der Waals surface area contributed by atoms with Gasteiger partial charge < -0.3 is 9.30 Å². The van der Waals surface area contributed by atoms with Gasteiger partial charge in [0.1, 0.15) is 0 Å². The summed E-state index contributed by atoms with van der Waals surface area (Å²) < 4.78 is 7.21. The van der Waals surface area contributed by atoms with Gasteiger partial charge in [-0.2, -0.15) is 0 Å². The molecule has 0 radical (unpaired) electrons. The Morgan fingerprint density at radius 1 is 1.07 bits per heavy atom. The molecule has 4 aromatic rings. The molecular formula is C24H22N2O2. The molecule has 0 N–H and O–H groups in total. The lowest BCUT2D eigenvalue weighted by Crippen LogP contribution is -2.07. The number of aryl methyl sites for hydroxylation is 1. The number of pyridine rings is 1. The van der Waals surface area contributed by atoms with Crippen LogP contribution in [0.25, 0.3) is 10.9 Å². The van der Waals surface area contributed by atoms with Crippen LogP contribution in [0.15, 0.2) is 73.1 Å². The summed E-state index contributed by atoms with van der Waals surface area (Å²) in [7, 11) is 1.41. The number of hydrogen-bond acceptors (Lipinski definition) is 3. The van der Waals surface area contributed by atoms with Crippen molar-refractivity contribution in [2.24, 2.45) is 0 Å². The van der Waals surface area contributed by atoms with E-state index in [1.165, 1.54) is 23.7 Å². The molecule has 0 unspecified atom stereocenters. The van der Waals surface area contributed by atoms with Crippen molar-refractivity contribution in [1.82, 2.24) is 9.55 Å². The maximum atomic E-state index is 11.9. The van der Waals surface area contributed by atoms with Crippen molar-refractivity contribution < 1.29 is 9.53 Å². The molecule has 28 heavy (non-hydrogen) atoms. The highest BCUT2D eigenvalue weighted by Gasteiger charge is 2.13. The normalized spacial score (nSPS) is 10.9. The van der Waals surface area contributed by atoms with Crippen molar-refractivity contribution >= 4 is 16.9 Å². The Morgan fingerprint density at radius 3 is 2.71 bits per heavy atom. The first-order chi connectivity index (χ1) is 13.7. The lowest BCUT2D eigenvalue weighted by atomic mass is 10.0. The van der Waals surface area contributed by atoms with Gasteiger partial charge in [-0.3, -0.25) is 4.98 Å². The zero-order valence-corrected chi connectivity index (χ0v) is 16.1. The monoisotopic (exact) mass is 370 g/mol. The molecule has 2 heterocycles. The van der Waals surface area contributed by atoms with Gasteiger partial charge in [0.15, 0.2) is 0 Å². The molecule has 0 bridgehead atoms. The smallest absolute Gasteiger partial charge is 0.337 e. The Morgan fingerprint density at radius 2 is 1.93 bits per heavy atom. The van der Waals surface area contributed by atoms with Gasteiger partial charge in [0.25, 0.3) is 0 Å². The second-order valence-electron chi connectivity index (χ2n) is 6.95. The van der Waals surface area contributed by atoms with E-state index in [0.29, 0.717) is 5.56 Å². The Balaban J connectivity index is 1.77. The van der Waals surface area contributed by atoms with E-state index in [1.54, 1.807) is 6.20 Å². The molecule has 0 spiro atoms. The van der Waals surface area contributed by atoms with E-state index in [4.69, 9.17) is 4.74 Å². The van der Waals surface area contributed by atoms with Crippen molar-refractivity contribution in [1.29, 1.82) is 0 Å². The first-order valence-corrected chi connectivity index (χ1v) is 9.29. The van der Waals surface area contributed by atoms with Crippen molar-refractivity contribution in [2.45, 2.75) is 19.9 Å². The molecule has 0 aliphatic rings. The largest absolute Gasteiger partial charge is 0.465 e. The molecule has 140 valence electrons. The Kier molecular flexibility index (Phi) is 4.94. The summed E-state index contributed by atoms with van der Waals surface area (Å²) in [4.78, 5) is 16.2. The average molecular weight is 370 g/mol. The topological polar surface area (TPSA) is 44.1 Å². The second-order valence-corrected chi connectivity index (χ2v) is 6.95. The van der Waals surface area contributed by atoms with E-state index in [1.807, 2.05) is 30.5 Å². The summed E-state index contributed by atoms with van der Waals surface area (Å²) >= 11 is 0. The van der Waals surface area contributed by atoms with E-state index >= 15 is 0 Å². The average Bonchev–Trinajstić information content (AvgIpc) is 3.07. The molecule has 0 aliphatic heterocycles. The summed E-state index contributed by atoms with van der Waals surface area (Å²) in [6, 6.07) is 20.4. The number of hydrogen-bond donors (Lipinski definition) is 0. The van der Waals surface area contributed by atoms with Crippen LogP contribution >= 0.6 is 0 Å². The van der Waals surface area contributed by atoms with Gasteiger partial charge >= 0.3 is 5.97 Å². The second kappa shape index (κ2) is 7.69. The standard InChI is InChI=1S/C24H22N2O2/c1-17-9-10-20(24(27)28-2)12-21(17)14-22-13-19-7-3-4-8-23(19)26(22)16-18-6-5-11-25-15-18/h3-13,15H,14,16H2,1-2H3. The molecule has 4 rings (SSSR count). The number of aromatic nitrogens is 2. The number of carbonyl (C=O) groups excluding carboxylic acids is 1. The number of ether oxygens (including phenoxy) is 1. The third-order valence-electron chi connectivity index (χ3n) is 5.10. The Bertz CT molecular complexity index is 1130. The van der Waals surface area contributed by atoms with Gasteiger partial charge in [-0.25, -0.2) is 4.79 Å². The minimum Gasteiger partial charge on any atom is -0.465 e. The number of esters is 1. The molecule has 0 fully saturated rings. The van der Waals surface area contributed by atoms with Gasteiger partial charge in [-0.15, -0.1) is 0 Å². The van der Waals surface area contributed by atoms with E-state index in [0.717, 1.165) is 29.7 Å². The van der Waals surface area contributed by atoms with E-state index in [9.17, 15) is 4.79 Å². The predicted octanol–water partition coefficient (Wildman–Crippen LogP) is 4.77. The molecule has 0 atom stereocenters. The maximum Gasteiger partial charge on any atom is 0.337 e. The summed E-state index contributed by atoms with van der Waals surface area (Å²) in [5.41, 5.74) is 6.42. The molecule has 4 heteroatoms. The fraction of sp³-hybridized carbons (Fsp3) is 0.167. The van der Waals surface area contributed by atoms with Crippen molar-refractivity contribution in [3.8, 4) is 0 Å². The third-order valence-corrected chi connectivity index (χ3v) is 5.10. The Labute approximate surface area is 164 Å². The molecule has 0 saturated heterocycles. The van der Waals surface area contributed by atoms with Crippen LogP contribution in [0.3, 0.4) is 0 Å². The third kappa shape index (κ3) is 3.54. The van der Waals surface area contributed by atoms with Gasteiger partial charge in [-0.1, -0.05) is 30.3 Å². The van der Waals surface area contributed by atoms with Gasteiger partial charge in [-0.05, 0) is 59.3 Å². The number of para-hydroxylation sites is 1. The fourth-order valence-electron chi connectivity index (χ4n) is 3.58. The highest BCUT2D eigenvalue weighted by Crippen LogP contribution is 2.25. The molecule has 0 saturated carbocycles. The van der Waals surface area contributed by atoms with E-state index in [2.05, 4.69) is 52.9 Å². The molecule has 0 amide bonds. The van der Waals surface area contributed by atoms with Crippen LogP contribution in [0.1, 0.15) is 32.7 Å². The number of fused-ring (bicyclic) bond motifs is 1. The first-order valence-electron chi connectivity index (χ1n) is 9.29. The summed E-state index contributed by atoms with van der Waals surface area (Å²) in [5, 5.41) is 1.21. The Hall–Kier alpha value is -3.40. The molecule has 0 aliphatic carbocycles. The minimum absolute atomic E-state index is 0.308. The SMILES string of the molecule is COC(=O)c1ccc(C)c(Cc2cc3ccccc3n2Cc2cccnc2)c1. The number of carbonyl (C=O) groups is 1. The maximum absolute atomic E-state index is 11.9. The summed E-state index contributed by atoms with van der Waals surface area (Å²) in [6.07, 6.45) is 4.44. The van der Waals surface area contributed by atoms with Crippen LogP contribution in [0.5, 0.6) is 0 Å². The first kappa shape index (κ1) is 18.0. The number of rotatable bonds is 5. The molecule has 4 nitrogen and oxygen atoms in total. The van der Waals surface area contributed by atoms with Crippen LogP contribution in [-0.4, -0.2) is 22.6 Å². The van der Waals surface area contributed by atoms with Crippen LogP contribution < -0.4 is 0 Å². The van der Waals surface area contributed by atoms with Gasteiger partial charge in [0.05, 0.1) is 12.7 Å². The van der Waals surface area contributed by atoms with Crippen LogP contribution in [-0.2, 0) is 17.7 Å². The molecule has 2 aromatic carbocycles. The quantitative estimate of drug-likeness (QED) is 0.475. The van der Waals surface area contributed by atoms with Crippen LogP contribution in [0, 0.1) is 6.92 Å². The zero-order valence-electron chi connectivity index (χ0n) is 16.1. The highest BCUT2D eigenvalue weighted by atomic mass is 16.5. The van der Waals surface area contributed by atoms with Gasteiger partial charge in [0, 0.05) is 36.6 Å². The summed E-state index contributed by atoms with van der Waals surface area (Å²) in [6.45, 7) is 2.83. The lowest BCUT2D eigenvalue weighted by Gasteiger charge is -2.13. The highest BCUT2D eigenvalue weighted by molar-refractivity contribution is 5.89. The molecule has 2 aromatic heterocycles. The predicted molar refractivity (Wildman–Crippen MR) is 111 cm³/mol. The van der Waals surface area contributed by atoms with E-state index in [-0.39, 0.29) is 5.97 Å². The number of benzene rings is 2. The van der Waals surface area contributed by atoms with Crippen molar-refractivity contribution in [3.05, 3.63) is 101 Å². The number of methoxy groups -OCH3 is 1. The zero-order chi connectivity index (χ0) is 19.5. The lowest BCUT2D eigenvalue weighted by molar-refractivity contribution is 0.0600. The fourth-order valence-corrected chi connectivity index (χ4v) is 3.58. The van der Waals surface area contributed by atoms with Gasteiger partial charge in [0.2, 0.25) is 0 Å². The van der Waals surface area contributed by atoms with Crippen molar-refractivity contribution in [2.75, 3.05) is 7.11 Å². The van der Waals surface area contributed by atoms with Crippen LogP contribution in [0.2, 0.25) is 0 Å². The van der Waals surface area contributed by atoms with Crippen molar-refractivity contribution in [3.63, 3.8) is 0 Å².